The molecule has 9 heteroatoms. The molecule has 3 aromatic rings. The van der Waals surface area contributed by atoms with Crippen molar-refractivity contribution < 1.29 is 14.2 Å². The number of fused-ring (bicyclic) bond motifs is 1. The Hall–Kier alpha value is -3.36. The van der Waals surface area contributed by atoms with E-state index >= 15 is 0 Å². The first-order valence-corrected chi connectivity index (χ1v) is 9.86. The summed E-state index contributed by atoms with van der Waals surface area (Å²) in [6.45, 7) is 1.72. The fourth-order valence-corrected chi connectivity index (χ4v) is 3.86. The lowest BCUT2D eigenvalue weighted by atomic mass is 10.0. The maximum atomic E-state index is 5.49. The molecule has 0 amide bonds. The Kier molecular flexibility index (Phi) is 5.69. The van der Waals surface area contributed by atoms with Gasteiger partial charge >= 0.3 is 0 Å². The second-order valence-corrected chi connectivity index (χ2v) is 7.17. The summed E-state index contributed by atoms with van der Waals surface area (Å²) in [6.07, 6.45) is 5.41. The van der Waals surface area contributed by atoms with Crippen LogP contribution in [0.4, 0.5) is 11.8 Å². The summed E-state index contributed by atoms with van der Waals surface area (Å²) < 4.78 is 16.2. The van der Waals surface area contributed by atoms with Crippen molar-refractivity contribution in [2.24, 2.45) is 0 Å². The van der Waals surface area contributed by atoms with E-state index in [1.54, 1.807) is 39.9 Å². The lowest BCUT2D eigenvalue weighted by Crippen LogP contribution is -2.47. The molecule has 9 nitrogen and oxygen atoms in total. The van der Waals surface area contributed by atoms with Crippen LogP contribution in [-0.2, 0) is 0 Å². The number of methoxy groups -OCH3 is 3. The largest absolute Gasteiger partial charge is 0.493 e. The van der Waals surface area contributed by atoms with E-state index in [9.17, 15) is 0 Å². The van der Waals surface area contributed by atoms with Gasteiger partial charge < -0.3 is 24.0 Å². The van der Waals surface area contributed by atoms with Crippen molar-refractivity contribution in [3.63, 3.8) is 0 Å². The molecule has 30 heavy (non-hydrogen) atoms. The van der Waals surface area contributed by atoms with Gasteiger partial charge in [-0.15, -0.1) is 0 Å². The molecule has 1 aliphatic rings. The van der Waals surface area contributed by atoms with Crippen molar-refractivity contribution in [2.75, 3.05) is 51.3 Å². The van der Waals surface area contributed by atoms with Crippen molar-refractivity contribution in [3.8, 4) is 17.4 Å². The van der Waals surface area contributed by atoms with Crippen LogP contribution in [0.25, 0.3) is 10.9 Å². The van der Waals surface area contributed by atoms with Gasteiger partial charge in [-0.1, -0.05) is 0 Å². The van der Waals surface area contributed by atoms with Crippen LogP contribution >= 0.6 is 0 Å². The zero-order chi connectivity index (χ0) is 21.1. The number of hydrogen-bond acceptors (Lipinski definition) is 9. The molecule has 0 bridgehead atoms. The van der Waals surface area contributed by atoms with Gasteiger partial charge in [0, 0.05) is 49.9 Å². The highest BCUT2D eigenvalue weighted by Crippen LogP contribution is 2.35. The maximum Gasteiger partial charge on any atom is 0.228 e. The predicted octanol–water partition coefficient (Wildman–Crippen LogP) is 2.55. The van der Waals surface area contributed by atoms with Crippen LogP contribution in [0.1, 0.15) is 12.8 Å². The first-order chi connectivity index (χ1) is 14.6. The van der Waals surface area contributed by atoms with Crippen LogP contribution in [0.3, 0.4) is 0 Å². The third-order valence-electron chi connectivity index (χ3n) is 5.51. The van der Waals surface area contributed by atoms with Crippen molar-refractivity contribution in [3.05, 3.63) is 30.7 Å². The van der Waals surface area contributed by atoms with E-state index < -0.39 is 0 Å². The summed E-state index contributed by atoms with van der Waals surface area (Å²) in [5, 5.41) is 0.941. The number of nitrogens with zero attached hydrogens (tertiary/aromatic N) is 6. The molecule has 2 aromatic heterocycles. The summed E-state index contributed by atoms with van der Waals surface area (Å²) in [7, 11) is 6.89. The number of hydrogen-bond donors (Lipinski definition) is 0. The van der Waals surface area contributed by atoms with Crippen LogP contribution in [-0.4, -0.2) is 67.4 Å². The van der Waals surface area contributed by atoms with E-state index in [-0.39, 0.29) is 6.04 Å². The predicted molar refractivity (Wildman–Crippen MR) is 115 cm³/mol. The Morgan fingerprint density at radius 2 is 1.83 bits per heavy atom. The van der Waals surface area contributed by atoms with E-state index in [4.69, 9.17) is 14.2 Å². The second-order valence-electron chi connectivity index (χ2n) is 7.17. The number of anilines is 2. The van der Waals surface area contributed by atoms with Gasteiger partial charge in [-0.05, 0) is 18.9 Å². The molecule has 1 atom stereocenters. The third kappa shape index (κ3) is 3.74. The molecule has 158 valence electrons. The van der Waals surface area contributed by atoms with E-state index in [2.05, 4.69) is 29.7 Å². The van der Waals surface area contributed by atoms with Crippen LogP contribution in [0.2, 0.25) is 0 Å². The Labute approximate surface area is 175 Å². The van der Waals surface area contributed by atoms with Gasteiger partial charge in [0.05, 0.1) is 26.8 Å². The number of rotatable bonds is 6. The molecule has 0 spiro atoms. The number of ether oxygens (including phenoxy) is 3. The highest BCUT2D eigenvalue weighted by atomic mass is 16.5. The van der Waals surface area contributed by atoms with Gasteiger partial charge in [0.25, 0.3) is 0 Å². The summed E-state index contributed by atoms with van der Waals surface area (Å²) >= 11 is 0. The Balaban J connectivity index is 1.63. The molecular weight excluding hydrogens is 384 g/mol. The van der Waals surface area contributed by atoms with Gasteiger partial charge in [-0.3, -0.25) is 0 Å². The number of aromatic nitrogens is 4. The average molecular weight is 410 g/mol. The zero-order valence-corrected chi connectivity index (χ0v) is 17.7. The first kappa shape index (κ1) is 19.9. The smallest absolute Gasteiger partial charge is 0.228 e. The third-order valence-corrected chi connectivity index (χ3v) is 5.51. The molecule has 1 aliphatic heterocycles. The number of piperidine rings is 1. The first-order valence-electron chi connectivity index (χ1n) is 9.86. The van der Waals surface area contributed by atoms with Crippen molar-refractivity contribution in [2.45, 2.75) is 18.9 Å². The highest BCUT2D eigenvalue weighted by Gasteiger charge is 2.27. The summed E-state index contributed by atoms with van der Waals surface area (Å²) in [5.74, 6) is 3.42. The number of benzene rings is 1. The minimum atomic E-state index is 0.246. The van der Waals surface area contributed by atoms with Gasteiger partial charge in [0.15, 0.2) is 11.5 Å². The van der Waals surface area contributed by atoms with E-state index in [0.29, 0.717) is 23.3 Å². The normalized spacial score (nSPS) is 16.4. The Morgan fingerprint density at radius 3 is 2.60 bits per heavy atom. The molecule has 1 unspecified atom stereocenters. The summed E-state index contributed by atoms with van der Waals surface area (Å²) in [6, 6.07) is 5.83. The lowest BCUT2D eigenvalue weighted by molar-refractivity contribution is 0.355. The zero-order valence-electron chi connectivity index (χ0n) is 17.7. The standard InChI is InChI=1S/C21H26N6O3/c1-26(21-22-8-7-19(25-21)30-4)14-6-5-9-27(12-14)20-15-10-17(28-2)18(29-3)11-16(15)23-13-24-20/h7-8,10-11,13-14H,5-6,9,12H2,1-4H3. The topological polar surface area (TPSA) is 85.7 Å². The molecule has 0 N–H and O–H groups in total. The molecule has 0 saturated carbocycles. The quantitative estimate of drug-likeness (QED) is 0.608. The van der Waals surface area contributed by atoms with Crippen LogP contribution in [0.15, 0.2) is 30.7 Å². The van der Waals surface area contributed by atoms with Crippen LogP contribution in [0, 0.1) is 0 Å². The van der Waals surface area contributed by atoms with Crippen LogP contribution < -0.4 is 24.0 Å². The minimum absolute atomic E-state index is 0.246. The van der Waals surface area contributed by atoms with Gasteiger partial charge in [-0.2, -0.15) is 4.98 Å². The molecule has 1 saturated heterocycles. The Bertz CT molecular complexity index is 1030. The van der Waals surface area contributed by atoms with Crippen molar-refractivity contribution in [1.29, 1.82) is 0 Å². The fourth-order valence-electron chi connectivity index (χ4n) is 3.86. The molecular formula is C21H26N6O3. The van der Waals surface area contributed by atoms with Gasteiger partial charge in [-0.25, -0.2) is 15.0 Å². The molecule has 0 radical (unpaired) electrons. The molecule has 4 rings (SSSR count). The molecule has 0 aliphatic carbocycles. The number of likely N-dealkylation sites (N-methyl/N-ethyl adjacent to an activating group) is 1. The van der Waals surface area contributed by atoms with Crippen molar-refractivity contribution >= 4 is 22.7 Å². The van der Waals surface area contributed by atoms with E-state index in [1.165, 1.54) is 0 Å². The second kappa shape index (κ2) is 8.56. The fraction of sp³-hybridized carbons (Fsp3) is 0.429. The lowest BCUT2D eigenvalue weighted by Gasteiger charge is -2.38. The molecule has 1 fully saturated rings. The van der Waals surface area contributed by atoms with Gasteiger partial charge in [0.1, 0.15) is 12.1 Å². The van der Waals surface area contributed by atoms with E-state index in [1.807, 2.05) is 19.2 Å². The average Bonchev–Trinajstić information content (AvgIpc) is 2.82. The Morgan fingerprint density at radius 1 is 1.03 bits per heavy atom. The molecule has 3 heterocycles. The monoisotopic (exact) mass is 410 g/mol. The summed E-state index contributed by atoms with van der Waals surface area (Å²) in [4.78, 5) is 22.3. The minimum Gasteiger partial charge on any atom is -0.493 e. The van der Waals surface area contributed by atoms with E-state index in [0.717, 1.165) is 42.7 Å². The SMILES string of the molecule is COc1ccnc(N(C)C2CCCN(c3ncnc4cc(OC)c(OC)cc34)C2)n1. The van der Waals surface area contributed by atoms with Gasteiger partial charge in [0.2, 0.25) is 11.8 Å². The molecule has 1 aromatic carbocycles. The van der Waals surface area contributed by atoms with Crippen LogP contribution in [0.5, 0.6) is 17.4 Å². The maximum absolute atomic E-state index is 5.49. The highest BCUT2D eigenvalue weighted by molar-refractivity contribution is 5.92. The van der Waals surface area contributed by atoms with Crippen molar-refractivity contribution in [1.82, 2.24) is 19.9 Å². The summed E-state index contributed by atoms with van der Waals surface area (Å²) in [5.41, 5.74) is 0.823.